The Kier molecular flexibility index (Phi) is 13.7. The van der Waals surface area contributed by atoms with Gasteiger partial charge in [0.05, 0.1) is 52.4 Å². The van der Waals surface area contributed by atoms with E-state index in [1.807, 2.05) is 31.2 Å². The summed E-state index contributed by atoms with van der Waals surface area (Å²) in [5, 5.41) is 19.9. The summed E-state index contributed by atoms with van der Waals surface area (Å²) in [6.45, 7) is 18.2. The van der Waals surface area contributed by atoms with Crippen molar-refractivity contribution in [2.75, 3.05) is 19.4 Å². The molecule has 344 valence electrons. The Morgan fingerprint density at radius 3 is 2.35 bits per heavy atom. The molecule has 0 saturated carbocycles. The molecule has 5 aliphatic heterocycles. The number of aliphatic imine (C=N–C) groups is 3. The number of unbranched alkanes of at least 4 members (excludes halogenated alkanes) is 7. The van der Waals surface area contributed by atoms with Crippen LogP contribution in [0.5, 0.6) is 0 Å². The Labute approximate surface area is 389 Å². The van der Waals surface area contributed by atoms with Gasteiger partial charge < -0.3 is 26.2 Å². The van der Waals surface area contributed by atoms with E-state index in [4.69, 9.17) is 25.4 Å². The Balaban J connectivity index is 0.934. The third-order valence-electron chi connectivity index (χ3n) is 14.5. The van der Waals surface area contributed by atoms with Crippen LogP contribution >= 0.6 is 0 Å². The number of benzene rings is 1. The second kappa shape index (κ2) is 19.6. The van der Waals surface area contributed by atoms with Gasteiger partial charge in [0.25, 0.3) is 0 Å². The lowest BCUT2D eigenvalue weighted by atomic mass is 9.84. The molecule has 1 aromatic heterocycles. The van der Waals surface area contributed by atoms with Gasteiger partial charge in [-0.3, -0.25) is 9.59 Å². The quantitative estimate of drug-likeness (QED) is 0.0704. The maximum atomic E-state index is 13.6. The number of aliphatic hydroxyl groups excluding tert-OH is 1. The molecule has 0 radical (unpaired) electrons. The molecule has 0 spiro atoms. The van der Waals surface area contributed by atoms with E-state index in [1.54, 1.807) is 0 Å². The molecule has 1 saturated heterocycles. The van der Waals surface area contributed by atoms with E-state index in [0.29, 0.717) is 41.9 Å². The van der Waals surface area contributed by atoms with Crippen molar-refractivity contribution in [2.45, 2.75) is 119 Å². The maximum Gasteiger partial charge on any atom is 0.321 e. The molecule has 0 unspecified atom stereocenters. The van der Waals surface area contributed by atoms with Crippen molar-refractivity contribution in [3.05, 3.63) is 140 Å². The number of nitrogen functional groups attached to an aromatic ring is 1. The first-order valence-corrected chi connectivity index (χ1v) is 24.0. The number of carbonyl (C=O) groups excluding carboxylic acids is 2. The number of nitrogens with two attached hydrogens (primary N) is 1. The number of fused-ring (bicyclic) bond motifs is 6. The largest absolute Gasteiger partial charge is 0.510 e. The van der Waals surface area contributed by atoms with Crippen LogP contribution in [0.1, 0.15) is 111 Å². The fraction of sp³-hybridized carbons (Fsp3) is 0.418. The van der Waals surface area contributed by atoms with Crippen LogP contribution in [0.4, 0.5) is 5.69 Å². The van der Waals surface area contributed by atoms with Gasteiger partial charge in [-0.25, -0.2) is 15.0 Å². The minimum atomic E-state index is -1.06. The van der Waals surface area contributed by atoms with Gasteiger partial charge in [-0.15, -0.1) is 0 Å². The van der Waals surface area contributed by atoms with Crippen LogP contribution in [0.15, 0.2) is 149 Å². The fourth-order valence-electron chi connectivity index (χ4n) is 10.7. The van der Waals surface area contributed by atoms with Crippen LogP contribution in [-0.2, 0) is 20.9 Å². The molecule has 1 aliphatic carbocycles. The van der Waals surface area contributed by atoms with Gasteiger partial charge in [-0.1, -0.05) is 70.7 Å². The zero-order valence-corrected chi connectivity index (χ0v) is 39.9. The Bertz CT molecular complexity index is 2760. The van der Waals surface area contributed by atoms with E-state index in [2.05, 4.69) is 86.7 Å². The zero-order valence-electron chi connectivity index (χ0n) is 39.9. The monoisotopic (exact) mass is 889 g/mol. The average Bonchev–Trinajstić information content (AvgIpc) is 4.05. The van der Waals surface area contributed by atoms with Crippen LogP contribution in [0.25, 0.3) is 10.9 Å². The highest BCUT2D eigenvalue weighted by atomic mass is 16.5. The van der Waals surface area contributed by atoms with Gasteiger partial charge in [0.2, 0.25) is 11.4 Å². The number of hydrogen-bond donors (Lipinski definition) is 4. The lowest BCUT2D eigenvalue weighted by Crippen LogP contribution is -2.38. The predicted molar refractivity (Wildman–Crippen MR) is 266 cm³/mol. The first-order chi connectivity index (χ1) is 31.9. The molecule has 6 aliphatic rings. The van der Waals surface area contributed by atoms with Gasteiger partial charge in [0.1, 0.15) is 18.2 Å². The van der Waals surface area contributed by atoms with Crippen LogP contribution in [0, 0.1) is 24.7 Å². The normalized spacial score (nSPS) is 21.0. The van der Waals surface area contributed by atoms with E-state index in [-0.39, 0.29) is 23.5 Å². The standard InChI is InChI=1S/C55H65N7O4/c1-9-36-32(4)41-28-43-34(6)38(23-24-48(63)57-25-19-15-13-11-12-14-16-20-26-62-31(3)27-40(56)39-21-17-18-22-47(39)62)52(60-43)50-51(55(65)66-8)54(64)49-35(7)44(61-53(49)50)30-46-37(10-2)33(5)42(59-46)29-45(36)58-41/h9,17-18,21-22,27-30,34,38,51,56H,1,10-16,19-20,23-26H2,2-8H3,(H3,57,58,59,60,61,63,64)/p+1/t34-,38-,51+/m0/s1. The highest BCUT2D eigenvalue weighted by molar-refractivity contribution is 6.24. The number of amides is 1. The number of pyridine rings is 1. The molecule has 5 N–H and O–H groups in total. The van der Waals surface area contributed by atoms with Crippen LogP contribution in [0.2, 0.25) is 0 Å². The molecule has 1 amide bonds. The lowest BCUT2D eigenvalue weighted by molar-refractivity contribution is -0.677. The number of aryl methyl sites for hydroxylation is 2. The number of carbonyl (C=O) groups is 2. The number of esters is 1. The molecule has 8 rings (SSSR count). The molecule has 66 heavy (non-hydrogen) atoms. The number of hydrogen-bond acceptors (Lipinski definition) is 9. The third-order valence-corrected chi connectivity index (χ3v) is 14.5. The van der Waals surface area contributed by atoms with Gasteiger partial charge in [-0.2, -0.15) is 4.57 Å². The SMILES string of the molecule is C=CC1=C(C)C2=NC1=CC1=NC(=CC3=C(C)C4=C(O)[C@H](C(=O)OC)C(=C5NC(=C2)[C@@H](C)[C@@H]5CCC(=O)NCCCCCCCCCC[n+]2c(C)cc(N)c5ccccc52)C4=N3)C(CC)=C1C. The minimum absolute atomic E-state index is 0.00215. The number of aromatic nitrogens is 1. The average molecular weight is 889 g/mol. The van der Waals surface area contributed by atoms with Crippen molar-refractivity contribution in [1.82, 2.24) is 10.6 Å². The van der Waals surface area contributed by atoms with Gasteiger partial charge in [-0.05, 0) is 93.0 Å². The van der Waals surface area contributed by atoms with E-state index < -0.39 is 11.9 Å². The van der Waals surface area contributed by atoms with Crippen LogP contribution < -0.4 is 20.9 Å². The molecular weight excluding hydrogens is 823 g/mol. The Morgan fingerprint density at radius 1 is 0.924 bits per heavy atom. The van der Waals surface area contributed by atoms with Gasteiger partial charge in [0.15, 0.2) is 5.69 Å². The summed E-state index contributed by atoms with van der Waals surface area (Å²) in [5.74, 6) is -1.97. The molecule has 11 nitrogen and oxygen atoms in total. The summed E-state index contributed by atoms with van der Waals surface area (Å²) in [5.41, 5.74) is 21.7. The number of aliphatic hydroxyl groups is 1. The minimum Gasteiger partial charge on any atom is -0.510 e. The number of allylic oxidation sites excluding steroid dienone is 11. The number of rotatable bonds is 17. The van der Waals surface area contributed by atoms with E-state index in [1.165, 1.54) is 44.0 Å². The van der Waals surface area contributed by atoms with E-state index >= 15 is 0 Å². The van der Waals surface area contributed by atoms with Crippen LogP contribution in [0.3, 0.4) is 0 Å². The molecule has 2 aromatic rings. The van der Waals surface area contributed by atoms with Crippen molar-refractivity contribution >= 4 is 45.6 Å². The molecule has 1 aromatic carbocycles. The summed E-state index contributed by atoms with van der Waals surface area (Å²) < 4.78 is 7.72. The van der Waals surface area contributed by atoms with E-state index in [0.717, 1.165) is 112 Å². The highest BCUT2D eigenvalue weighted by Gasteiger charge is 2.49. The first-order valence-electron chi connectivity index (χ1n) is 24.0. The number of ether oxygens (including phenoxy) is 1. The summed E-state index contributed by atoms with van der Waals surface area (Å²) >= 11 is 0. The topological polar surface area (TPSA) is 155 Å². The van der Waals surface area contributed by atoms with Gasteiger partial charge in [0, 0.05) is 78.4 Å². The molecular formula is C55H66N7O4+. The van der Waals surface area contributed by atoms with Gasteiger partial charge >= 0.3 is 5.97 Å². The number of methoxy groups -OCH3 is 1. The number of anilines is 1. The van der Waals surface area contributed by atoms with Crippen molar-refractivity contribution < 1.29 is 24.0 Å². The molecule has 8 bridgehead atoms. The lowest BCUT2D eigenvalue weighted by Gasteiger charge is -2.20. The Morgan fingerprint density at radius 2 is 1.62 bits per heavy atom. The summed E-state index contributed by atoms with van der Waals surface area (Å²) in [4.78, 5) is 42.5. The molecule has 1 fully saturated rings. The second-order valence-electron chi connectivity index (χ2n) is 18.5. The number of nitrogens with one attached hydrogen (secondary N) is 2. The number of nitrogens with zero attached hydrogens (tertiary/aromatic N) is 4. The number of para-hydroxylation sites is 1. The molecule has 6 heterocycles. The maximum absolute atomic E-state index is 13.6. The second-order valence-corrected chi connectivity index (χ2v) is 18.5. The van der Waals surface area contributed by atoms with Crippen molar-refractivity contribution in [1.29, 1.82) is 0 Å². The third kappa shape index (κ3) is 8.72. The summed E-state index contributed by atoms with van der Waals surface area (Å²) in [7, 11) is 1.34. The van der Waals surface area contributed by atoms with Crippen LogP contribution in [-0.4, -0.2) is 47.8 Å². The smallest absolute Gasteiger partial charge is 0.321 e. The highest BCUT2D eigenvalue weighted by Crippen LogP contribution is 2.49. The summed E-state index contributed by atoms with van der Waals surface area (Å²) in [6, 6.07) is 10.5. The Hall–Kier alpha value is -6.36. The molecule has 3 atom stereocenters. The predicted octanol–water partition coefficient (Wildman–Crippen LogP) is 10.3. The van der Waals surface area contributed by atoms with Crippen molar-refractivity contribution in [3.63, 3.8) is 0 Å². The molecule has 11 heteroatoms. The fourth-order valence-corrected chi connectivity index (χ4v) is 10.7. The van der Waals surface area contributed by atoms with E-state index in [9.17, 15) is 14.7 Å². The first kappa shape index (κ1) is 46.2. The summed E-state index contributed by atoms with van der Waals surface area (Å²) in [6.07, 6.45) is 18.7. The van der Waals surface area contributed by atoms with Crippen molar-refractivity contribution in [3.8, 4) is 0 Å². The zero-order chi connectivity index (χ0) is 46.8. The van der Waals surface area contributed by atoms with Crippen molar-refractivity contribution in [2.24, 2.45) is 32.7 Å².